The summed E-state index contributed by atoms with van der Waals surface area (Å²) in [7, 11) is -4.09. The molecule has 1 fully saturated rings. The zero-order chi connectivity index (χ0) is 25.0. The number of nitrogens with one attached hydrogen (secondary N) is 1. The van der Waals surface area contributed by atoms with Gasteiger partial charge in [0.1, 0.15) is 12.1 Å². The van der Waals surface area contributed by atoms with Crippen LogP contribution in [0.2, 0.25) is 0 Å². The summed E-state index contributed by atoms with van der Waals surface area (Å²) < 4.78 is 26.7. The zero-order valence-electron chi connectivity index (χ0n) is 18.5. The molecule has 2 heterocycles. The van der Waals surface area contributed by atoms with Crippen molar-refractivity contribution in [1.29, 1.82) is 5.26 Å². The SMILES string of the molecule is N#Cc1cccc(Cc2csc(C(=O)c3cncnc3N[C@@H]3C[C@H](COS(N)(=O)=O)[C@@H](O)C3)c2)c1. The molecule has 0 unspecified atom stereocenters. The molecule has 1 aliphatic rings. The van der Waals surface area contributed by atoms with E-state index in [0.29, 0.717) is 41.1 Å². The van der Waals surface area contributed by atoms with Gasteiger partial charge in [0, 0.05) is 18.2 Å². The Morgan fingerprint density at radius 1 is 1.31 bits per heavy atom. The van der Waals surface area contributed by atoms with Crippen molar-refractivity contribution in [3.63, 3.8) is 0 Å². The van der Waals surface area contributed by atoms with Crippen LogP contribution in [0.15, 0.2) is 48.2 Å². The molecular weight excluding hydrogens is 490 g/mol. The first-order chi connectivity index (χ1) is 16.7. The van der Waals surface area contributed by atoms with Gasteiger partial charge in [-0.3, -0.25) is 8.98 Å². The molecule has 3 atom stereocenters. The molecule has 10 nitrogen and oxygen atoms in total. The number of aromatic nitrogens is 2. The average molecular weight is 514 g/mol. The lowest BCUT2D eigenvalue weighted by atomic mass is 10.0. The zero-order valence-corrected chi connectivity index (χ0v) is 20.1. The van der Waals surface area contributed by atoms with Crippen molar-refractivity contribution in [1.82, 2.24) is 9.97 Å². The van der Waals surface area contributed by atoms with E-state index in [4.69, 9.17) is 10.4 Å². The fraction of sp³-hybridized carbons (Fsp3) is 0.304. The summed E-state index contributed by atoms with van der Waals surface area (Å²) in [5.74, 6) is -0.319. The second-order valence-corrected chi connectivity index (χ2v) is 10.5. The Labute approximate surface area is 206 Å². The number of anilines is 1. The lowest BCUT2D eigenvalue weighted by Gasteiger charge is -2.15. The molecule has 35 heavy (non-hydrogen) atoms. The molecule has 4 N–H and O–H groups in total. The summed E-state index contributed by atoms with van der Waals surface area (Å²) in [4.78, 5) is 22.0. The molecule has 3 aromatic rings. The van der Waals surface area contributed by atoms with Gasteiger partial charge in [0.25, 0.3) is 0 Å². The number of hydrogen-bond donors (Lipinski definition) is 3. The number of carbonyl (C=O) groups excluding carboxylic acids is 1. The van der Waals surface area contributed by atoms with E-state index in [0.717, 1.165) is 11.1 Å². The molecule has 0 amide bonds. The Hall–Kier alpha value is -3.21. The molecular formula is C23H23N5O5S2. The number of carbonyl (C=O) groups is 1. The van der Waals surface area contributed by atoms with Gasteiger partial charge < -0.3 is 10.4 Å². The molecule has 0 saturated heterocycles. The Morgan fingerprint density at radius 3 is 2.91 bits per heavy atom. The van der Waals surface area contributed by atoms with Crippen LogP contribution in [0.1, 0.15) is 44.8 Å². The molecule has 0 bridgehead atoms. The lowest BCUT2D eigenvalue weighted by molar-refractivity contribution is 0.101. The molecule has 0 aliphatic heterocycles. The third-order valence-electron chi connectivity index (χ3n) is 5.74. The third-order valence-corrected chi connectivity index (χ3v) is 7.19. The number of benzene rings is 1. The van der Waals surface area contributed by atoms with Gasteiger partial charge in [-0.2, -0.15) is 13.7 Å². The second-order valence-electron chi connectivity index (χ2n) is 8.34. The van der Waals surface area contributed by atoms with Gasteiger partial charge >= 0.3 is 10.3 Å². The predicted octanol–water partition coefficient (Wildman–Crippen LogP) is 2.00. The van der Waals surface area contributed by atoms with Crippen LogP contribution in [-0.2, 0) is 20.9 Å². The highest BCUT2D eigenvalue weighted by Gasteiger charge is 2.34. The Bertz CT molecular complexity index is 1370. The van der Waals surface area contributed by atoms with Crippen LogP contribution >= 0.6 is 11.3 Å². The minimum atomic E-state index is -4.09. The van der Waals surface area contributed by atoms with Gasteiger partial charge in [-0.05, 0) is 54.0 Å². The van der Waals surface area contributed by atoms with Crippen LogP contribution in [0, 0.1) is 17.2 Å². The van der Waals surface area contributed by atoms with Gasteiger partial charge in [0.05, 0.1) is 34.8 Å². The number of nitriles is 1. The molecule has 1 saturated carbocycles. The van der Waals surface area contributed by atoms with Crippen LogP contribution in [0.25, 0.3) is 0 Å². The molecule has 0 radical (unpaired) electrons. The van der Waals surface area contributed by atoms with Crippen LogP contribution in [0.3, 0.4) is 0 Å². The van der Waals surface area contributed by atoms with Gasteiger partial charge in [0.15, 0.2) is 0 Å². The van der Waals surface area contributed by atoms with Crippen molar-refractivity contribution in [2.75, 3.05) is 11.9 Å². The van der Waals surface area contributed by atoms with E-state index >= 15 is 0 Å². The second kappa shape index (κ2) is 10.6. The number of aliphatic hydroxyl groups is 1. The van der Waals surface area contributed by atoms with Crippen molar-refractivity contribution in [2.24, 2.45) is 11.1 Å². The van der Waals surface area contributed by atoms with Crippen molar-refractivity contribution in [3.05, 3.63) is 75.4 Å². The smallest absolute Gasteiger partial charge is 0.333 e. The molecule has 182 valence electrons. The van der Waals surface area contributed by atoms with E-state index in [2.05, 4.69) is 25.5 Å². The normalized spacial score (nSPS) is 19.9. The topological polar surface area (TPSA) is 168 Å². The summed E-state index contributed by atoms with van der Waals surface area (Å²) in [6.07, 6.45) is 3.33. The van der Waals surface area contributed by atoms with Crippen molar-refractivity contribution < 1.29 is 22.5 Å². The quantitative estimate of drug-likeness (QED) is 0.362. The Balaban J connectivity index is 1.45. The van der Waals surface area contributed by atoms with E-state index in [1.165, 1.54) is 23.9 Å². The van der Waals surface area contributed by atoms with Crippen molar-refractivity contribution >= 4 is 33.2 Å². The standard InChI is InChI=1S/C23H23N5O5S2/c24-9-15-3-1-2-14(4-15)5-16-6-21(34-12-16)22(30)19-10-26-13-27-23(19)28-18-7-17(20(29)8-18)11-33-35(25,31)32/h1-4,6,10,12-13,17-18,20,29H,5,7-8,11H2,(H2,25,31,32)(H,26,27,28)/t17-,18-,20+/m1/s1. The molecule has 12 heteroatoms. The lowest BCUT2D eigenvalue weighted by Crippen LogP contribution is -2.24. The van der Waals surface area contributed by atoms with E-state index in [9.17, 15) is 18.3 Å². The number of aliphatic hydroxyl groups excluding tert-OH is 1. The van der Waals surface area contributed by atoms with Crippen LogP contribution in [0.4, 0.5) is 5.82 Å². The fourth-order valence-corrected chi connectivity index (χ4v) is 5.32. The number of nitrogens with zero attached hydrogens (tertiary/aromatic N) is 3. The predicted molar refractivity (Wildman–Crippen MR) is 129 cm³/mol. The Morgan fingerprint density at radius 2 is 2.14 bits per heavy atom. The van der Waals surface area contributed by atoms with E-state index < -0.39 is 22.3 Å². The van der Waals surface area contributed by atoms with Gasteiger partial charge in [0.2, 0.25) is 5.78 Å². The minimum absolute atomic E-state index is 0.219. The van der Waals surface area contributed by atoms with Gasteiger partial charge in [-0.1, -0.05) is 12.1 Å². The fourth-order valence-electron chi connectivity index (χ4n) is 4.09. The number of rotatable bonds is 9. The van der Waals surface area contributed by atoms with Gasteiger partial charge in [-0.15, -0.1) is 11.3 Å². The largest absolute Gasteiger partial charge is 0.393 e. The highest BCUT2D eigenvalue weighted by Crippen LogP contribution is 2.30. The van der Waals surface area contributed by atoms with E-state index in [-0.39, 0.29) is 18.4 Å². The maximum Gasteiger partial charge on any atom is 0.333 e. The molecule has 4 rings (SSSR count). The number of ketones is 1. The first-order valence-electron chi connectivity index (χ1n) is 10.7. The van der Waals surface area contributed by atoms with Crippen LogP contribution in [-0.4, -0.2) is 48.0 Å². The maximum absolute atomic E-state index is 13.2. The minimum Gasteiger partial charge on any atom is -0.393 e. The van der Waals surface area contributed by atoms with Crippen LogP contribution in [0.5, 0.6) is 0 Å². The first-order valence-corrected chi connectivity index (χ1v) is 13.1. The van der Waals surface area contributed by atoms with E-state index in [1.807, 2.05) is 29.6 Å². The number of thiophene rings is 1. The first kappa shape index (κ1) is 24.9. The molecule has 0 spiro atoms. The highest BCUT2D eigenvalue weighted by atomic mass is 32.2. The molecule has 1 aliphatic carbocycles. The maximum atomic E-state index is 13.2. The van der Waals surface area contributed by atoms with E-state index in [1.54, 1.807) is 6.07 Å². The average Bonchev–Trinajstić information content (AvgIpc) is 3.43. The highest BCUT2D eigenvalue weighted by molar-refractivity contribution is 7.84. The summed E-state index contributed by atoms with van der Waals surface area (Å²) in [5, 5.41) is 29.3. The summed E-state index contributed by atoms with van der Waals surface area (Å²) in [6, 6.07) is 11.0. The summed E-state index contributed by atoms with van der Waals surface area (Å²) in [5.41, 5.74) is 2.82. The Kier molecular flexibility index (Phi) is 7.54. The summed E-state index contributed by atoms with van der Waals surface area (Å²) >= 11 is 1.32. The van der Waals surface area contributed by atoms with Crippen LogP contribution < -0.4 is 10.5 Å². The number of hydrogen-bond acceptors (Lipinski definition) is 10. The molecule has 2 aromatic heterocycles. The van der Waals surface area contributed by atoms with Crippen molar-refractivity contribution in [3.8, 4) is 6.07 Å². The third kappa shape index (κ3) is 6.47. The monoisotopic (exact) mass is 513 g/mol. The van der Waals surface area contributed by atoms with Crippen molar-refractivity contribution in [2.45, 2.75) is 31.4 Å². The van der Waals surface area contributed by atoms with Gasteiger partial charge in [-0.25, -0.2) is 15.1 Å². The summed E-state index contributed by atoms with van der Waals surface area (Å²) in [6.45, 7) is -0.219. The molecule has 1 aromatic carbocycles. The number of nitrogens with two attached hydrogens (primary N) is 1.